The van der Waals surface area contributed by atoms with Gasteiger partial charge in [-0.2, -0.15) is 0 Å². The highest BCUT2D eigenvalue weighted by Crippen LogP contribution is 2.36. The standard InChI is InChI=1S/C10H17NO3/c1-3-11-9(12)7-4-6(2)5-8(7)10(13)14/h6-8H,3-5H2,1-2H3,(H,11,12)(H,13,14)/t6?,7-,8+/m0/s1. The minimum atomic E-state index is -0.842. The van der Waals surface area contributed by atoms with Crippen LogP contribution in [0.15, 0.2) is 0 Å². The minimum absolute atomic E-state index is 0.107. The van der Waals surface area contributed by atoms with Crippen molar-refractivity contribution in [1.82, 2.24) is 5.32 Å². The molecule has 3 atom stereocenters. The summed E-state index contributed by atoms with van der Waals surface area (Å²) < 4.78 is 0. The van der Waals surface area contributed by atoms with Gasteiger partial charge in [0.2, 0.25) is 5.91 Å². The fourth-order valence-electron chi connectivity index (χ4n) is 2.16. The third kappa shape index (κ3) is 2.25. The van der Waals surface area contributed by atoms with Crippen molar-refractivity contribution in [3.63, 3.8) is 0 Å². The van der Waals surface area contributed by atoms with Crippen LogP contribution < -0.4 is 5.32 Å². The first-order valence-electron chi connectivity index (χ1n) is 5.06. The third-order valence-electron chi connectivity index (χ3n) is 2.80. The van der Waals surface area contributed by atoms with Gasteiger partial charge in [-0.15, -0.1) is 0 Å². The van der Waals surface area contributed by atoms with Crippen LogP contribution in [0.3, 0.4) is 0 Å². The second-order valence-corrected chi connectivity index (χ2v) is 4.02. The lowest BCUT2D eigenvalue weighted by Gasteiger charge is -2.14. The van der Waals surface area contributed by atoms with Crippen LogP contribution in [0.1, 0.15) is 26.7 Å². The zero-order valence-electron chi connectivity index (χ0n) is 8.62. The van der Waals surface area contributed by atoms with Gasteiger partial charge in [0.15, 0.2) is 0 Å². The number of rotatable bonds is 3. The van der Waals surface area contributed by atoms with Crippen LogP contribution in [-0.4, -0.2) is 23.5 Å². The summed E-state index contributed by atoms with van der Waals surface area (Å²) in [7, 11) is 0. The van der Waals surface area contributed by atoms with Gasteiger partial charge in [-0.3, -0.25) is 9.59 Å². The van der Waals surface area contributed by atoms with Crippen LogP contribution in [0.25, 0.3) is 0 Å². The number of hydrogen-bond acceptors (Lipinski definition) is 2. The zero-order valence-corrected chi connectivity index (χ0v) is 8.62. The molecule has 2 N–H and O–H groups in total. The molecule has 0 heterocycles. The molecule has 1 rings (SSSR count). The Bertz CT molecular complexity index is 240. The number of aliphatic carboxylic acids is 1. The Kier molecular flexibility index (Phi) is 3.49. The third-order valence-corrected chi connectivity index (χ3v) is 2.80. The molecule has 14 heavy (non-hydrogen) atoms. The molecule has 1 unspecified atom stereocenters. The summed E-state index contributed by atoms with van der Waals surface area (Å²) in [6, 6.07) is 0. The number of amides is 1. The molecule has 0 aliphatic heterocycles. The summed E-state index contributed by atoms with van der Waals surface area (Å²) in [5, 5.41) is 11.6. The van der Waals surface area contributed by atoms with Gasteiger partial charge in [0.05, 0.1) is 11.8 Å². The molecular weight excluding hydrogens is 182 g/mol. The van der Waals surface area contributed by atoms with Crippen molar-refractivity contribution in [2.75, 3.05) is 6.54 Å². The number of nitrogens with one attached hydrogen (secondary N) is 1. The fourth-order valence-corrected chi connectivity index (χ4v) is 2.16. The molecule has 0 spiro atoms. The predicted molar refractivity (Wildman–Crippen MR) is 51.7 cm³/mol. The highest BCUT2D eigenvalue weighted by molar-refractivity contribution is 5.85. The number of carbonyl (C=O) groups is 2. The normalized spacial score (nSPS) is 31.4. The maximum Gasteiger partial charge on any atom is 0.307 e. The van der Waals surface area contributed by atoms with Gasteiger partial charge in [0.1, 0.15) is 0 Å². The molecule has 1 fully saturated rings. The molecule has 4 heteroatoms. The Morgan fingerprint density at radius 3 is 2.43 bits per heavy atom. The largest absolute Gasteiger partial charge is 0.481 e. The average Bonchev–Trinajstić information content (AvgIpc) is 2.48. The van der Waals surface area contributed by atoms with E-state index in [2.05, 4.69) is 5.32 Å². The molecule has 1 amide bonds. The maximum absolute atomic E-state index is 11.5. The maximum atomic E-state index is 11.5. The molecule has 0 saturated heterocycles. The predicted octanol–water partition coefficient (Wildman–Crippen LogP) is 0.869. The first-order chi connectivity index (χ1) is 6.56. The van der Waals surface area contributed by atoms with Crippen LogP contribution in [0.2, 0.25) is 0 Å². The lowest BCUT2D eigenvalue weighted by Crippen LogP contribution is -2.35. The highest BCUT2D eigenvalue weighted by atomic mass is 16.4. The summed E-state index contributed by atoms with van der Waals surface area (Å²) in [5.74, 6) is -1.43. The summed E-state index contributed by atoms with van der Waals surface area (Å²) in [6.07, 6.45) is 1.32. The van der Waals surface area contributed by atoms with Crippen molar-refractivity contribution in [2.45, 2.75) is 26.7 Å². The van der Waals surface area contributed by atoms with E-state index in [1.807, 2.05) is 13.8 Å². The van der Waals surface area contributed by atoms with Crippen molar-refractivity contribution in [1.29, 1.82) is 0 Å². The van der Waals surface area contributed by atoms with Crippen molar-refractivity contribution in [3.8, 4) is 0 Å². The molecule has 1 saturated carbocycles. The van der Waals surface area contributed by atoms with E-state index >= 15 is 0 Å². The lowest BCUT2D eigenvalue weighted by molar-refractivity contribution is -0.146. The van der Waals surface area contributed by atoms with Crippen LogP contribution >= 0.6 is 0 Å². The Hall–Kier alpha value is -1.06. The van der Waals surface area contributed by atoms with Crippen LogP contribution in [0.4, 0.5) is 0 Å². The quantitative estimate of drug-likeness (QED) is 0.708. The Morgan fingerprint density at radius 2 is 1.93 bits per heavy atom. The van der Waals surface area contributed by atoms with Crippen molar-refractivity contribution >= 4 is 11.9 Å². The van der Waals surface area contributed by atoms with Gasteiger partial charge in [-0.25, -0.2) is 0 Å². The van der Waals surface area contributed by atoms with E-state index in [1.165, 1.54) is 0 Å². The van der Waals surface area contributed by atoms with Crippen molar-refractivity contribution in [2.24, 2.45) is 17.8 Å². The Labute approximate surface area is 83.7 Å². The fraction of sp³-hybridized carbons (Fsp3) is 0.800. The van der Waals surface area contributed by atoms with Crippen LogP contribution in [0.5, 0.6) is 0 Å². The van der Waals surface area contributed by atoms with Crippen molar-refractivity contribution < 1.29 is 14.7 Å². The molecule has 0 aromatic rings. The second kappa shape index (κ2) is 4.44. The molecule has 0 bridgehead atoms. The highest BCUT2D eigenvalue weighted by Gasteiger charge is 2.40. The average molecular weight is 199 g/mol. The molecule has 80 valence electrons. The molecule has 1 aliphatic carbocycles. The second-order valence-electron chi connectivity index (χ2n) is 4.02. The van der Waals surface area contributed by atoms with E-state index in [-0.39, 0.29) is 11.8 Å². The lowest BCUT2D eigenvalue weighted by atomic mass is 9.95. The van der Waals surface area contributed by atoms with E-state index in [4.69, 9.17) is 5.11 Å². The Morgan fingerprint density at radius 1 is 1.36 bits per heavy atom. The smallest absolute Gasteiger partial charge is 0.307 e. The summed E-state index contributed by atoms with van der Waals surface area (Å²) in [5.41, 5.74) is 0. The molecule has 0 aromatic heterocycles. The van der Waals surface area contributed by atoms with Gasteiger partial charge >= 0.3 is 5.97 Å². The van der Waals surface area contributed by atoms with E-state index in [0.29, 0.717) is 25.3 Å². The van der Waals surface area contributed by atoms with E-state index in [1.54, 1.807) is 0 Å². The SMILES string of the molecule is CCNC(=O)[C@H]1CC(C)C[C@H]1C(=O)O. The summed E-state index contributed by atoms with van der Waals surface area (Å²) in [6.45, 7) is 4.40. The van der Waals surface area contributed by atoms with Gasteiger partial charge in [-0.05, 0) is 25.7 Å². The number of carboxylic acid groups (broad SMARTS) is 1. The summed E-state index contributed by atoms with van der Waals surface area (Å²) in [4.78, 5) is 22.4. The number of carboxylic acids is 1. The van der Waals surface area contributed by atoms with Gasteiger partial charge in [0.25, 0.3) is 0 Å². The van der Waals surface area contributed by atoms with Gasteiger partial charge in [0, 0.05) is 6.54 Å². The van der Waals surface area contributed by atoms with Crippen LogP contribution in [0, 0.1) is 17.8 Å². The van der Waals surface area contributed by atoms with E-state index in [0.717, 1.165) is 0 Å². The van der Waals surface area contributed by atoms with E-state index in [9.17, 15) is 9.59 Å². The van der Waals surface area contributed by atoms with E-state index < -0.39 is 11.9 Å². The molecule has 4 nitrogen and oxygen atoms in total. The zero-order chi connectivity index (χ0) is 10.7. The van der Waals surface area contributed by atoms with Gasteiger partial charge < -0.3 is 10.4 Å². The first-order valence-corrected chi connectivity index (χ1v) is 5.06. The first kappa shape index (κ1) is 11.0. The topological polar surface area (TPSA) is 66.4 Å². The van der Waals surface area contributed by atoms with Gasteiger partial charge in [-0.1, -0.05) is 6.92 Å². The van der Waals surface area contributed by atoms with Crippen LogP contribution in [-0.2, 0) is 9.59 Å². The van der Waals surface area contributed by atoms with Crippen molar-refractivity contribution in [3.05, 3.63) is 0 Å². The number of hydrogen-bond donors (Lipinski definition) is 2. The number of carbonyl (C=O) groups excluding carboxylic acids is 1. The molecule has 0 aromatic carbocycles. The molecular formula is C10H17NO3. The monoisotopic (exact) mass is 199 g/mol. The molecule has 1 aliphatic rings. The summed E-state index contributed by atoms with van der Waals surface area (Å²) >= 11 is 0. The Balaban J connectivity index is 2.66. The molecule has 0 radical (unpaired) electrons. The minimum Gasteiger partial charge on any atom is -0.481 e.